The molecule has 3 fully saturated rings. The zero-order valence-electron chi connectivity index (χ0n) is 15.8. The molecule has 27 heavy (non-hydrogen) atoms. The molecule has 4 amide bonds. The summed E-state index contributed by atoms with van der Waals surface area (Å²) in [4.78, 5) is 47.6. The number of hydrogen-bond donors (Lipinski definition) is 0. The van der Waals surface area contributed by atoms with Crippen molar-refractivity contribution < 1.29 is 14.4 Å². The van der Waals surface area contributed by atoms with E-state index >= 15 is 0 Å². The van der Waals surface area contributed by atoms with E-state index in [2.05, 4.69) is 4.98 Å². The predicted octanol–water partition coefficient (Wildman–Crippen LogP) is 2.17. The van der Waals surface area contributed by atoms with Crippen LogP contribution in [0.25, 0.3) is 0 Å². The van der Waals surface area contributed by atoms with E-state index < -0.39 is 5.54 Å². The Bertz CT molecular complexity index is 741. The number of carbonyl (C=O) groups is 3. The SMILES string of the molecule is CN1C(=O)N(CC(=O)N(Cc2ccccn2)C2CC2)C(=O)C12CCCCC2. The van der Waals surface area contributed by atoms with Gasteiger partial charge >= 0.3 is 6.03 Å². The Morgan fingerprint density at radius 1 is 1.22 bits per heavy atom. The smallest absolute Gasteiger partial charge is 0.327 e. The van der Waals surface area contributed by atoms with Crippen LogP contribution in [0.1, 0.15) is 50.6 Å². The molecule has 0 radical (unpaired) electrons. The summed E-state index contributed by atoms with van der Waals surface area (Å²) >= 11 is 0. The van der Waals surface area contributed by atoms with Crippen LogP contribution in [0.4, 0.5) is 4.79 Å². The second-order valence-electron chi connectivity index (χ2n) is 7.90. The number of aromatic nitrogens is 1. The van der Waals surface area contributed by atoms with Gasteiger partial charge in [-0.1, -0.05) is 25.3 Å². The van der Waals surface area contributed by atoms with Crippen LogP contribution in [0.15, 0.2) is 24.4 Å². The maximum atomic E-state index is 13.1. The summed E-state index contributed by atoms with van der Waals surface area (Å²) in [6, 6.07) is 5.47. The van der Waals surface area contributed by atoms with Crippen LogP contribution in [0, 0.1) is 0 Å². The summed E-state index contributed by atoms with van der Waals surface area (Å²) in [7, 11) is 1.70. The van der Waals surface area contributed by atoms with Crippen molar-refractivity contribution >= 4 is 17.8 Å². The van der Waals surface area contributed by atoms with Crippen LogP contribution < -0.4 is 0 Å². The number of pyridine rings is 1. The lowest BCUT2D eigenvalue weighted by Gasteiger charge is -2.35. The van der Waals surface area contributed by atoms with E-state index in [0.717, 1.165) is 37.8 Å². The third-order valence-electron chi connectivity index (χ3n) is 6.14. The van der Waals surface area contributed by atoms with Crippen LogP contribution in [-0.4, -0.2) is 62.7 Å². The molecule has 0 atom stereocenters. The van der Waals surface area contributed by atoms with Gasteiger partial charge in [-0.05, 0) is 37.8 Å². The maximum absolute atomic E-state index is 13.1. The third kappa shape index (κ3) is 3.19. The van der Waals surface area contributed by atoms with Gasteiger partial charge in [0.05, 0.1) is 12.2 Å². The van der Waals surface area contributed by atoms with Crippen LogP contribution in [0.2, 0.25) is 0 Å². The van der Waals surface area contributed by atoms with Crippen molar-refractivity contribution in [1.29, 1.82) is 0 Å². The van der Waals surface area contributed by atoms with Crippen molar-refractivity contribution in [1.82, 2.24) is 19.7 Å². The Labute approximate surface area is 159 Å². The molecule has 1 aromatic rings. The first kappa shape index (κ1) is 17.9. The van der Waals surface area contributed by atoms with Gasteiger partial charge in [0.2, 0.25) is 5.91 Å². The molecule has 0 N–H and O–H groups in total. The topological polar surface area (TPSA) is 73.8 Å². The zero-order valence-corrected chi connectivity index (χ0v) is 15.8. The lowest BCUT2D eigenvalue weighted by Crippen LogP contribution is -2.49. The van der Waals surface area contributed by atoms with Gasteiger partial charge in [-0.3, -0.25) is 19.5 Å². The predicted molar refractivity (Wildman–Crippen MR) is 98.5 cm³/mol. The fraction of sp³-hybridized carbons (Fsp3) is 0.600. The van der Waals surface area contributed by atoms with E-state index in [1.807, 2.05) is 18.2 Å². The van der Waals surface area contributed by atoms with E-state index in [0.29, 0.717) is 19.4 Å². The zero-order chi connectivity index (χ0) is 19.0. The molecule has 7 nitrogen and oxygen atoms in total. The molecule has 2 saturated carbocycles. The van der Waals surface area contributed by atoms with Crippen LogP contribution in [-0.2, 0) is 16.1 Å². The van der Waals surface area contributed by atoms with E-state index in [-0.39, 0.29) is 30.4 Å². The lowest BCUT2D eigenvalue weighted by molar-refractivity contribution is -0.141. The molecule has 1 spiro atoms. The second kappa shape index (κ2) is 6.94. The highest BCUT2D eigenvalue weighted by Gasteiger charge is 2.56. The molecule has 1 saturated heterocycles. The average Bonchev–Trinajstić information content (AvgIpc) is 3.52. The number of imide groups is 1. The highest BCUT2D eigenvalue weighted by molar-refractivity contribution is 6.09. The summed E-state index contributed by atoms with van der Waals surface area (Å²) in [6.07, 6.45) is 8.00. The molecule has 7 heteroatoms. The number of likely N-dealkylation sites (N-methyl/N-ethyl adjacent to an activating group) is 1. The first-order chi connectivity index (χ1) is 13.0. The summed E-state index contributed by atoms with van der Waals surface area (Å²) in [6.45, 7) is 0.245. The summed E-state index contributed by atoms with van der Waals surface area (Å²) in [5, 5.41) is 0. The molecule has 3 aliphatic rings. The lowest BCUT2D eigenvalue weighted by atomic mass is 9.81. The van der Waals surface area contributed by atoms with Gasteiger partial charge < -0.3 is 9.80 Å². The van der Waals surface area contributed by atoms with Gasteiger partial charge in [0, 0.05) is 19.3 Å². The Balaban J connectivity index is 1.49. The van der Waals surface area contributed by atoms with Gasteiger partial charge in [-0.25, -0.2) is 4.79 Å². The van der Waals surface area contributed by atoms with Crippen LogP contribution in [0.5, 0.6) is 0 Å². The van der Waals surface area contributed by atoms with Crippen molar-refractivity contribution in [3.05, 3.63) is 30.1 Å². The molecule has 4 rings (SSSR count). The van der Waals surface area contributed by atoms with Gasteiger partial charge in [0.25, 0.3) is 5.91 Å². The van der Waals surface area contributed by atoms with Gasteiger partial charge in [0.1, 0.15) is 12.1 Å². The van der Waals surface area contributed by atoms with E-state index in [1.54, 1.807) is 23.0 Å². The number of hydrogen-bond acceptors (Lipinski definition) is 4. The highest BCUT2D eigenvalue weighted by Crippen LogP contribution is 2.39. The molecule has 1 aromatic heterocycles. The maximum Gasteiger partial charge on any atom is 0.327 e. The summed E-state index contributed by atoms with van der Waals surface area (Å²) < 4.78 is 0. The molecular formula is C20H26N4O3. The molecule has 0 aromatic carbocycles. The van der Waals surface area contributed by atoms with Crippen molar-refractivity contribution in [3.8, 4) is 0 Å². The minimum absolute atomic E-state index is 0.174. The normalized spacial score (nSPS) is 21.8. The fourth-order valence-electron chi connectivity index (χ4n) is 4.37. The third-order valence-corrected chi connectivity index (χ3v) is 6.14. The van der Waals surface area contributed by atoms with Crippen LogP contribution in [0.3, 0.4) is 0 Å². The monoisotopic (exact) mass is 370 g/mol. The van der Waals surface area contributed by atoms with Crippen molar-refractivity contribution in [2.24, 2.45) is 0 Å². The van der Waals surface area contributed by atoms with Crippen molar-refractivity contribution in [3.63, 3.8) is 0 Å². The second-order valence-corrected chi connectivity index (χ2v) is 7.90. The number of nitrogens with zero attached hydrogens (tertiary/aromatic N) is 4. The average molecular weight is 370 g/mol. The molecule has 0 bridgehead atoms. The summed E-state index contributed by atoms with van der Waals surface area (Å²) in [5.74, 6) is -0.372. The quantitative estimate of drug-likeness (QED) is 0.745. The Hall–Kier alpha value is -2.44. The Morgan fingerprint density at radius 3 is 2.59 bits per heavy atom. The van der Waals surface area contributed by atoms with Gasteiger partial charge in [0.15, 0.2) is 0 Å². The molecule has 2 aliphatic carbocycles. The molecule has 2 heterocycles. The highest BCUT2D eigenvalue weighted by atomic mass is 16.2. The Kier molecular flexibility index (Phi) is 4.61. The largest absolute Gasteiger partial charge is 0.332 e. The molecule has 144 valence electrons. The molecule has 1 aliphatic heterocycles. The number of carbonyl (C=O) groups excluding carboxylic acids is 3. The number of urea groups is 1. The first-order valence-electron chi connectivity index (χ1n) is 9.82. The minimum Gasteiger partial charge on any atom is -0.332 e. The first-order valence-corrected chi connectivity index (χ1v) is 9.82. The Morgan fingerprint density at radius 2 is 1.96 bits per heavy atom. The van der Waals surface area contributed by atoms with E-state index in [1.165, 1.54) is 4.90 Å². The number of rotatable bonds is 5. The number of amides is 4. The standard InChI is InChI=1S/C20H26N4O3/c1-22-19(27)24(18(26)20(22)10-4-2-5-11-20)14-17(25)23(16-8-9-16)13-15-7-3-6-12-21-15/h3,6-7,12,16H,2,4-5,8-11,13-14H2,1H3. The molecule has 0 unspecified atom stereocenters. The molecular weight excluding hydrogens is 344 g/mol. The van der Waals surface area contributed by atoms with Crippen LogP contribution >= 0.6 is 0 Å². The summed E-state index contributed by atoms with van der Waals surface area (Å²) in [5.41, 5.74) is 0.0822. The van der Waals surface area contributed by atoms with E-state index in [9.17, 15) is 14.4 Å². The van der Waals surface area contributed by atoms with Crippen molar-refractivity contribution in [2.75, 3.05) is 13.6 Å². The minimum atomic E-state index is -0.735. The fourth-order valence-corrected chi connectivity index (χ4v) is 4.37. The van der Waals surface area contributed by atoms with Crippen molar-refractivity contribution in [2.45, 2.75) is 63.1 Å². The van der Waals surface area contributed by atoms with Gasteiger partial charge in [-0.2, -0.15) is 0 Å². The van der Waals surface area contributed by atoms with E-state index in [4.69, 9.17) is 0 Å². The van der Waals surface area contributed by atoms with Gasteiger partial charge in [-0.15, -0.1) is 0 Å².